The Balaban J connectivity index is 2.41. The van der Waals surface area contributed by atoms with Gasteiger partial charge in [0.2, 0.25) is 0 Å². The molecule has 0 amide bonds. The highest BCUT2D eigenvalue weighted by atomic mass is 79.9. The molecule has 1 aromatic rings. The van der Waals surface area contributed by atoms with E-state index in [4.69, 9.17) is 5.41 Å². The molecule has 0 spiro atoms. The summed E-state index contributed by atoms with van der Waals surface area (Å²) < 4.78 is 1.11. The fraction of sp³-hybridized carbons (Fsp3) is 0.364. The molecule has 0 heterocycles. The van der Waals surface area contributed by atoms with Crippen LogP contribution in [0.4, 0.5) is 0 Å². The van der Waals surface area contributed by atoms with E-state index < -0.39 is 0 Å². The first-order valence-electron chi connectivity index (χ1n) is 4.67. The molecule has 0 atom stereocenters. The molecule has 0 aromatic heterocycles. The average molecular weight is 272 g/mol. The van der Waals surface area contributed by atoms with Gasteiger partial charge in [0.25, 0.3) is 0 Å². The van der Waals surface area contributed by atoms with Gasteiger partial charge < -0.3 is 0 Å². The largest absolute Gasteiger partial charge is 0.298 e. The molecule has 0 bridgehead atoms. The summed E-state index contributed by atoms with van der Waals surface area (Å²) in [6, 6.07) is 8.25. The van der Waals surface area contributed by atoms with Crippen LogP contribution in [0.2, 0.25) is 0 Å². The molecule has 0 saturated carbocycles. The van der Waals surface area contributed by atoms with Crippen LogP contribution in [0.1, 0.15) is 25.3 Å². The van der Waals surface area contributed by atoms with Crippen LogP contribution in [0.15, 0.2) is 28.7 Å². The standard InChI is InChI=1S/C11H14BrNS/c1-2-4-11(13)14-8-9-5-3-6-10(12)7-9/h3,5-7,13H,2,4,8H2,1H3. The summed E-state index contributed by atoms with van der Waals surface area (Å²) in [5.74, 6) is 0.901. The summed E-state index contributed by atoms with van der Waals surface area (Å²) in [4.78, 5) is 0. The van der Waals surface area contributed by atoms with E-state index in [0.29, 0.717) is 0 Å². The molecule has 1 nitrogen and oxygen atoms in total. The van der Waals surface area contributed by atoms with Crippen molar-refractivity contribution in [3.63, 3.8) is 0 Å². The Hall–Kier alpha value is -0.280. The fourth-order valence-electron chi connectivity index (χ4n) is 1.10. The maximum Gasteiger partial charge on any atom is 0.0644 e. The highest BCUT2D eigenvalue weighted by Crippen LogP contribution is 2.18. The number of nitrogens with one attached hydrogen (secondary N) is 1. The van der Waals surface area contributed by atoms with Gasteiger partial charge in [0.05, 0.1) is 5.04 Å². The number of hydrogen-bond acceptors (Lipinski definition) is 2. The van der Waals surface area contributed by atoms with E-state index in [0.717, 1.165) is 28.1 Å². The fourth-order valence-corrected chi connectivity index (χ4v) is 2.41. The Labute approximate surface area is 97.9 Å². The van der Waals surface area contributed by atoms with E-state index in [-0.39, 0.29) is 0 Å². The molecule has 0 aliphatic rings. The molecule has 0 saturated heterocycles. The van der Waals surface area contributed by atoms with Gasteiger partial charge in [0.1, 0.15) is 0 Å². The first kappa shape index (κ1) is 11.8. The van der Waals surface area contributed by atoms with Gasteiger partial charge in [-0.1, -0.05) is 41.4 Å². The molecule has 0 fully saturated rings. The van der Waals surface area contributed by atoms with Gasteiger partial charge in [-0.3, -0.25) is 5.41 Å². The molecular formula is C11H14BrNS. The minimum absolute atomic E-state index is 0.785. The second-order valence-electron chi connectivity index (χ2n) is 3.09. The molecule has 0 aliphatic carbocycles. The first-order valence-corrected chi connectivity index (χ1v) is 6.45. The van der Waals surface area contributed by atoms with Crippen molar-refractivity contribution in [3.05, 3.63) is 34.3 Å². The zero-order chi connectivity index (χ0) is 10.4. The monoisotopic (exact) mass is 271 g/mol. The lowest BCUT2D eigenvalue weighted by Gasteiger charge is -2.02. The van der Waals surface area contributed by atoms with Crippen molar-refractivity contribution >= 4 is 32.7 Å². The molecule has 14 heavy (non-hydrogen) atoms. The van der Waals surface area contributed by atoms with Gasteiger partial charge in [0.15, 0.2) is 0 Å². The molecule has 1 rings (SSSR count). The van der Waals surface area contributed by atoms with Gasteiger partial charge in [-0.05, 0) is 24.1 Å². The van der Waals surface area contributed by atoms with Crippen LogP contribution in [0.5, 0.6) is 0 Å². The van der Waals surface area contributed by atoms with Gasteiger partial charge in [-0.25, -0.2) is 0 Å². The van der Waals surface area contributed by atoms with Crippen molar-refractivity contribution in [2.24, 2.45) is 0 Å². The summed E-state index contributed by atoms with van der Waals surface area (Å²) >= 11 is 5.06. The number of halogens is 1. The minimum atomic E-state index is 0.785. The van der Waals surface area contributed by atoms with Crippen LogP contribution in [0.25, 0.3) is 0 Å². The second kappa shape index (κ2) is 6.25. The van der Waals surface area contributed by atoms with E-state index in [1.807, 2.05) is 12.1 Å². The van der Waals surface area contributed by atoms with Crippen molar-refractivity contribution < 1.29 is 0 Å². The SMILES string of the molecule is CCCC(=N)SCc1cccc(Br)c1. The predicted molar refractivity (Wildman–Crippen MR) is 68.1 cm³/mol. The third kappa shape index (κ3) is 4.29. The van der Waals surface area contributed by atoms with Crippen LogP contribution in [-0.2, 0) is 5.75 Å². The lowest BCUT2D eigenvalue weighted by molar-refractivity contribution is 0.999. The zero-order valence-corrected chi connectivity index (χ0v) is 10.6. The van der Waals surface area contributed by atoms with Crippen LogP contribution in [0, 0.1) is 5.41 Å². The first-order chi connectivity index (χ1) is 6.72. The predicted octanol–water partition coefficient (Wildman–Crippen LogP) is 4.46. The van der Waals surface area contributed by atoms with E-state index in [1.54, 1.807) is 11.8 Å². The Bertz CT molecular complexity index is 312. The smallest absolute Gasteiger partial charge is 0.0644 e. The summed E-state index contributed by atoms with van der Waals surface area (Å²) in [5, 5.41) is 8.43. The van der Waals surface area contributed by atoms with E-state index in [1.165, 1.54) is 5.56 Å². The lowest BCUT2D eigenvalue weighted by Crippen LogP contribution is -1.90. The molecule has 1 aromatic carbocycles. The molecule has 0 unspecified atom stereocenters. The Kier molecular flexibility index (Phi) is 5.26. The number of thioether (sulfide) groups is 1. The third-order valence-corrected chi connectivity index (χ3v) is 3.30. The van der Waals surface area contributed by atoms with Crippen molar-refractivity contribution in [2.75, 3.05) is 0 Å². The highest BCUT2D eigenvalue weighted by molar-refractivity contribution is 9.10. The third-order valence-electron chi connectivity index (χ3n) is 1.78. The number of benzene rings is 1. The van der Waals surface area contributed by atoms with E-state index >= 15 is 0 Å². The highest BCUT2D eigenvalue weighted by Gasteiger charge is 1.98. The van der Waals surface area contributed by atoms with Crippen LogP contribution < -0.4 is 0 Å². The Morgan fingerprint density at radius 3 is 2.93 bits per heavy atom. The molecule has 0 aliphatic heterocycles. The summed E-state index contributed by atoms with van der Waals surface area (Å²) in [5.41, 5.74) is 1.27. The Morgan fingerprint density at radius 2 is 2.29 bits per heavy atom. The van der Waals surface area contributed by atoms with E-state index in [9.17, 15) is 0 Å². The molecule has 1 N–H and O–H groups in total. The van der Waals surface area contributed by atoms with Crippen molar-refractivity contribution in [1.29, 1.82) is 5.41 Å². The van der Waals surface area contributed by atoms with Gasteiger partial charge in [0, 0.05) is 10.2 Å². The van der Waals surface area contributed by atoms with Crippen LogP contribution in [-0.4, -0.2) is 5.04 Å². The maximum absolute atomic E-state index is 7.64. The normalized spacial score (nSPS) is 10.1. The van der Waals surface area contributed by atoms with Crippen molar-refractivity contribution in [3.8, 4) is 0 Å². The quantitative estimate of drug-likeness (QED) is 0.635. The summed E-state index contributed by atoms with van der Waals surface area (Å²) in [6.45, 7) is 2.11. The molecule has 3 heteroatoms. The summed E-state index contributed by atoms with van der Waals surface area (Å²) in [6.07, 6.45) is 1.96. The molecule has 76 valence electrons. The lowest BCUT2D eigenvalue weighted by atomic mass is 10.2. The maximum atomic E-state index is 7.64. The second-order valence-corrected chi connectivity index (χ2v) is 5.08. The van der Waals surface area contributed by atoms with Crippen LogP contribution >= 0.6 is 27.7 Å². The van der Waals surface area contributed by atoms with Gasteiger partial charge in [-0.15, -0.1) is 11.8 Å². The number of rotatable bonds is 4. The summed E-state index contributed by atoms with van der Waals surface area (Å²) in [7, 11) is 0. The molecule has 0 radical (unpaired) electrons. The average Bonchev–Trinajstić information content (AvgIpc) is 2.15. The Morgan fingerprint density at radius 1 is 1.50 bits per heavy atom. The van der Waals surface area contributed by atoms with Gasteiger partial charge in [-0.2, -0.15) is 0 Å². The van der Waals surface area contributed by atoms with Crippen molar-refractivity contribution in [1.82, 2.24) is 0 Å². The van der Waals surface area contributed by atoms with E-state index in [2.05, 4.69) is 35.0 Å². The zero-order valence-electron chi connectivity index (χ0n) is 8.22. The van der Waals surface area contributed by atoms with Crippen molar-refractivity contribution in [2.45, 2.75) is 25.5 Å². The van der Waals surface area contributed by atoms with Gasteiger partial charge >= 0.3 is 0 Å². The topological polar surface area (TPSA) is 23.9 Å². The minimum Gasteiger partial charge on any atom is -0.298 e. The molecular weight excluding hydrogens is 258 g/mol. The number of hydrogen-bond donors (Lipinski definition) is 1. The van der Waals surface area contributed by atoms with Crippen LogP contribution in [0.3, 0.4) is 0 Å².